The highest BCUT2D eigenvalue weighted by Gasteiger charge is 2.22. The van der Waals surface area contributed by atoms with Crippen LogP contribution in [0.4, 0.5) is 5.69 Å². The smallest absolute Gasteiger partial charge is 0.339 e. The lowest BCUT2D eigenvalue weighted by atomic mass is 10.1. The highest BCUT2D eigenvalue weighted by atomic mass is 32.1. The average Bonchev–Trinajstić information content (AvgIpc) is 3.37. The molecule has 2 amide bonds. The van der Waals surface area contributed by atoms with Gasteiger partial charge in [0.05, 0.1) is 22.3 Å². The summed E-state index contributed by atoms with van der Waals surface area (Å²) in [4.78, 5) is 43.8. The molecular weight excluding hydrogens is 456 g/mol. The number of carbonyl (C=O) groups excluding carboxylic acids is 3. The van der Waals surface area contributed by atoms with Crippen LogP contribution in [0.25, 0.3) is 22.4 Å². The van der Waals surface area contributed by atoms with Crippen molar-refractivity contribution >= 4 is 45.9 Å². The lowest BCUT2D eigenvalue weighted by Gasteiger charge is -2.09. The molecule has 0 unspecified atom stereocenters. The Labute approximate surface area is 199 Å². The van der Waals surface area contributed by atoms with Crippen LogP contribution in [0.2, 0.25) is 0 Å². The number of ether oxygens (including phenoxy) is 1. The number of rotatable bonds is 6. The molecule has 0 aliphatic rings. The Morgan fingerprint density at radius 2 is 1.91 bits per heavy atom. The standard InChI is InChI=1S/C24H22N4O5S/c1-12-8-17(14(3)34-12)19-10-18(21-13(2)28-33-23(21)27-19)24(31)32-11-20(29)26-16-7-5-6-15(9-16)22(30)25-4/h5-10H,11H2,1-4H3,(H,25,30)(H,26,29). The van der Waals surface area contributed by atoms with Gasteiger partial charge in [0.1, 0.15) is 0 Å². The largest absolute Gasteiger partial charge is 0.452 e. The predicted molar refractivity (Wildman–Crippen MR) is 128 cm³/mol. The second-order valence-corrected chi connectivity index (χ2v) is 9.07. The van der Waals surface area contributed by atoms with E-state index in [9.17, 15) is 14.4 Å². The molecule has 2 N–H and O–H groups in total. The van der Waals surface area contributed by atoms with Crippen LogP contribution in [0.3, 0.4) is 0 Å². The molecule has 0 saturated carbocycles. The fourth-order valence-corrected chi connectivity index (χ4v) is 4.50. The van der Waals surface area contributed by atoms with Gasteiger partial charge in [0.2, 0.25) is 0 Å². The van der Waals surface area contributed by atoms with Gasteiger partial charge in [-0.15, -0.1) is 11.3 Å². The normalized spacial score (nSPS) is 10.8. The van der Waals surface area contributed by atoms with Crippen LogP contribution in [0.15, 0.2) is 40.9 Å². The minimum atomic E-state index is -0.696. The van der Waals surface area contributed by atoms with Gasteiger partial charge in [0.15, 0.2) is 6.61 Å². The number of hydrogen-bond acceptors (Lipinski definition) is 8. The first kappa shape index (κ1) is 23.1. The Balaban J connectivity index is 1.54. The number of fused-ring (bicyclic) bond motifs is 1. The van der Waals surface area contributed by atoms with Gasteiger partial charge in [-0.05, 0) is 51.1 Å². The molecule has 0 aliphatic carbocycles. The molecule has 4 rings (SSSR count). The van der Waals surface area contributed by atoms with E-state index in [-0.39, 0.29) is 17.2 Å². The monoisotopic (exact) mass is 478 g/mol. The van der Waals surface area contributed by atoms with Crippen LogP contribution < -0.4 is 10.6 Å². The van der Waals surface area contributed by atoms with Crippen molar-refractivity contribution in [1.29, 1.82) is 0 Å². The van der Waals surface area contributed by atoms with Crippen LogP contribution in [0.1, 0.15) is 36.2 Å². The molecule has 0 radical (unpaired) electrons. The van der Waals surface area contributed by atoms with Gasteiger partial charge in [-0.1, -0.05) is 11.2 Å². The summed E-state index contributed by atoms with van der Waals surface area (Å²) in [5.74, 6) is -1.52. The number of amides is 2. The highest BCUT2D eigenvalue weighted by Crippen LogP contribution is 2.33. The summed E-state index contributed by atoms with van der Waals surface area (Å²) >= 11 is 1.63. The van der Waals surface area contributed by atoms with Crippen molar-refractivity contribution in [3.63, 3.8) is 0 Å². The molecule has 0 spiro atoms. The Morgan fingerprint density at radius 1 is 1.12 bits per heavy atom. The molecule has 9 nitrogen and oxygen atoms in total. The molecule has 0 bridgehead atoms. The SMILES string of the molecule is CNC(=O)c1cccc(NC(=O)COC(=O)c2cc(-c3cc(C)sc3C)nc3onc(C)c23)c1. The zero-order chi connectivity index (χ0) is 24.4. The number of hydrogen-bond donors (Lipinski definition) is 2. The van der Waals surface area contributed by atoms with Gasteiger partial charge in [-0.25, -0.2) is 9.78 Å². The number of nitrogens with one attached hydrogen (secondary N) is 2. The fraction of sp³-hybridized carbons (Fsp3) is 0.208. The Hall–Kier alpha value is -4.05. The Morgan fingerprint density at radius 3 is 2.62 bits per heavy atom. The van der Waals surface area contributed by atoms with E-state index in [0.29, 0.717) is 28.0 Å². The molecule has 0 saturated heterocycles. The van der Waals surface area contributed by atoms with E-state index in [0.717, 1.165) is 15.3 Å². The molecular formula is C24H22N4O5S. The first-order valence-electron chi connectivity index (χ1n) is 10.4. The first-order chi connectivity index (χ1) is 16.3. The van der Waals surface area contributed by atoms with Crippen molar-refractivity contribution in [1.82, 2.24) is 15.5 Å². The third-order valence-corrected chi connectivity index (χ3v) is 6.09. The summed E-state index contributed by atoms with van der Waals surface area (Å²) in [6, 6.07) is 10.1. The van der Waals surface area contributed by atoms with E-state index >= 15 is 0 Å². The van der Waals surface area contributed by atoms with Crippen LogP contribution >= 0.6 is 11.3 Å². The number of esters is 1. The predicted octanol–water partition coefficient (Wildman–Crippen LogP) is 4.03. The van der Waals surface area contributed by atoms with Crippen LogP contribution in [0.5, 0.6) is 0 Å². The summed E-state index contributed by atoms with van der Waals surface area (Å²) in [6.07, 6.45) is 0. The summed E-state index contributed by atoms with van der Waals surface area (Å²) in [6.45, 7) is 5.17. The minimum absolute atomic E-state index is 0.219. The molecule has 3 aromatic heterocycles. The number of carbonyl (C=O) groups is 3. The van der Waals surface area contributed by atoms with Gasteiger partial charge < -0.3 is 19.9 Å². The minimum Gasteiger partial charge on any atom is -0.452 e. The lowest BCUT2D eigenvalue weighted by Crippen LogP contribution is -2.22. The van der Waals surface area contributed by atoms with E-state index in [2.05, 4.69) is 20.8 Å². The van der Waals surface area contributed by atoms with Crippen LogP contribution in [0, 0.1) is 20.8 Å². The van der Waals surface area contributed by atoms with E-state index in [1.807, 2.05) is 19.9 Å². The third kappa shape index (κ3) is 4.67. The van der Waals surface area contributed by atoms with Gasteiger partial charge in [-0.2, -0.15) is 0 Å². The summed E-state index contributed by atoms with van der Waals surface area (Å²) in [7, 11) is 1.52. The van der Waals surface area contributed by atoms with Gasteiger partial charge in [0.25, 0.3) is 17.5 Å². The Bertz CT molecular complexity index is 1420. The van der Waals surface area contributed by atoms with Crippen molar-refractivity contribution in [3.8, 4) is 11.3 Å². The van der Waals surface area contributed by atoms with Crippen molar-refractivity contribution in [3.05, 3.63) is 63.0 Å². The number of aromatic nitrogens is 2. The molecule has 4 aromatic rings. The topological polar surface area (TPSA) is 123 Å². The molecule has 34 heavy (non-hydrogen) atoms. The molecule has 3 heterocycles. The zero-order valence-electron chi connectivity index (χ0n) is 19.0. The molecule has 174 valence electrons. The number of anilines is 1. The van der Waals surface area contributed by atoms with Crippen molar-refractivity contribution in [2.45, 2.75) is 20.8 Å². The zero-order valence-corrected chi connectivity index (χ0v) is 19.8. The maximum atomic E-state index is 13.0. The Kier molecular flexibility index (Phi) is 6.42. The third-order valence-electron chi connectivity index (χ3n) is 5.12. The van der Waals surface area contributed by atoms with E-state index in [4.69, 9.17) is 9.26 Å². The molecule has 0 fully saturated rings. The fourth-order valence-electron chi connectivity index (χ4n) is 3.57. The first-order valence-corrected chi connectivity index (χ1v) is 11.2. The molecule has 0 atom stereocenters. The number of nitrogens with zero attached hydrogens (tertiary/aromatic N) is 2. The molecule has 0 aliphatic heterocycles. The summed E-state index contributed by atoms with van der Waals surface area (Å²) in [5.41, 5.74) is 3.20. The second-order valence-electron chi connectivity index (χ2n) is 7.61. The highest BCUT2D eigenvalue weighted by molar-refractivity contribution is 7.12. The van der Waals surface area contributed by atoms with Gasteiger partial charge >= 0.3 is 5.97 Å². The lowest BCUT2D eigenvalue weighted by molar-refractivity contribution is -0.119. The molecule has 10 heteroatoms. The number of pyridine rings is 1. The van der Waals surface area contributed by atoms with E-state index in [1.54, 1.807) is 42.5 Å². The summed E-state index contributed by atoms with van der Waals surface area (Å²) < 4.78 is 10.6. The van der Waals surface area contributed by atoms with Crippen LogP contribution in [-0.2, 0) is 9.53 Å². The maximum absolute atomic E-state index is 13.0. The average molecular weight is 479 g/mol. The van der Waals surface area contributed by atoms with Crippen molar-refractivity contribution in [2.75, 3.05) is 19.0 Å². The van der Waals surface area contributed by atoms with E-state index in [1.165, 1.54) is 13.1 Å². The number of aryl methyl sites for hydroxylation is 3. The number of benzene rings is 1. The van der Waals surface area contributed by atoms with Crippen molar-refractivity contribution < 1.29 is 23.6 Å². The maximum Gasteiger partial charge on any atom is 0.339 e. The van der Waals surface area contributed by atoms with Crippen LogP contribution in [-0.4, -0.2) is 41.6 Å². The van der Waals surface area contributed by atoms with Gasteiger partial charge in [-0.3, -0.25) is 9.59 Å². The quantitative estimate of drug-likeness (QED) is 0.401. The summed E-state index contributed by atoms with van der Waals surface area (Å²) in [5, 5.41) is 9.51. The number of thiophene rings is 1. The van der Waals surface area contributed by atoms with Gasteiger partial charge in [0, 0.05) is 33.6 Å². The van der Waals surface area contributed by atoms with Crippen molar-refractivity contribution in [2.24, 2.45) is 0 Å². The van der Waals surface area contributed by atoms with E-state index < -0.39 is 18.5 Å². The molecule has 1 aromatic carbocycles. The second kappa shape index (κ2) is 9.44.